The van der Waals surface area contributed by atoms with Gasteiger partial charge in [0, 0.05) is 30.3 Å². The van der Waals surface area contributed by atoms with E-state index in [9.17, 15) is 4.79 Å². The van der Waals surface area contributed by atoms with Gasteiger partial charge in [-0.2, -0.15) is 0 Å². The lowest BCUT2D eigenvalue weighted by molar-refractivity contribution is -0.120. The number of hydrogen-bond donors (Lipinski definition) is 1. The normalized spacial score (nSPS) is 15.3. The van der Waals surface area contributed by atoms with Gasteiger partial charge in [-0.3, -0.25) is 4.79 Å². The molecule has 1 amide bonds. The Morgan fingerprint density at radius 3 is 2.63 bits per heavy atom. The minimum absolute atomic E-state index is 0.0189. The number of rotatable bonds is 3. The topological polar surface area (TPSA) is 71.3 Å². The number of furan rings is 1. The second-order valence-electron chi connectivity index (χ2n) is 7.23. The zero-order chi connectivity index (χ0) is 19.0. The molecular formula is C21H24N4O2. The van der Waals surface area contributed by atoms with Crippen LogP contribution in [0.1, 0.15) is 29.7 Å². The summed E-state index contributed by atoms with van der Waals surface area (Å²) >= 11 is 0. The van der Waals surface area contributed by atoms with Gasteiger partial charge in [0.1, 0.15) is 17.9 Å². The van der Waals surface area contributed by atoms with Crippen LogP contribution in [0.3, 0.4) is 0 Å². The second-order valence-corrected chi connectivity index (χ2v) is 7.23. The monoisotopic (exact) mass is 364 g/mol. The summed E-state index contributed by atoms with van der Waals surface area (Å²) in [5.74, 6) is 1.91. The highest BCUT2D eigenvalue weighted by molar-refractivity contribution is 5.94. The van der Waals surface area contributed by atoms with Gasteiger partial charge in [-0.25, -0.2) is 9.97 Å². The van der Waals surface area contributed by atoms with Crippen LogP contribution in [0, 0.1) is 26.7 Å². The zero-order valence-electron chi connectivity index (χ0n) is 16.0. The minimum atomic E-state index is 0.0189. The first-order valence-corrected chi connectivity index (χ1v) is 9.36. The molecule has 3 aromatic rings. The van der Waals surface area contributed by atoms with Gasteiger partial charge >= 0.3 is 0 Å². The number of anilines is 2. The van der Waals surface area contributed by atoms with Crippen LogP contribution >= 0.6 is 0 Å². The molecule has 6 nitrogen and oxygen atoms in total. The van der Waals surface area contributed by atoms with Crippen molar-refractivity contribution in [3.63, 3.8) is 0 Å². The maximum absolute atomic E-state index is 12.7. The third-order valence-electron chi connectivity index (χ3n) is 5.51. The molecule has 0 radical (unpaired) electrons. The van der Waals surface area contributed by atoms with Crippen molar-refractivity contribution in [2.45, 2.75) is 33.6 Å². The van der Waals surface area contributed by atoms with Crippen molar-refractivity contribution in [2.24, 2.45) is 5.92 Å². The predicted molar refractivity (Wildman–Crippen MR) is 106 cm³/mol. The number of fused-ring (bicyclic) bond motifs is 1. The number of nitrogens with zero attached hydrogens (tertiary/aromatic N) is 3. The number of nitrogens with one attached hydrogen (secondary N) is 1. The SMILES string of the molecule is Cc1ccccc1NC(=O)C1CCN(c2ncnc3oc(C)c(C)c23)CC1. The van der Waals surface area contributed by atoms with E-state index in [4.69, 9.17) is 4.42 Å². The number of hydrogen-bond acceptors (Lipinski definition) is 5. The molecule has 0 unspecified atom stereocenters. The van der Waals surface area contributed by atoms with Crippen molar-refractivity contribution in [1.82, 2.24) is 9.97 Å². The number of piperidine rings is 1. The van der Waals surface area contributed by atoms with Crippen LogP contribution in [0.5, 0.6) is 0 Å². The number of benzene rings is 1. The van der Waals surface area contributed by atoms with Gasteiger partial charge in [-0.15, -0.1) is 0 Å². The van der Waals surface area contributed by atoms with Crippen molar-refractivity contribution in [1.29, 1.82) is 0 Å². The average Bonchev–Trinajstić information content (AvgIpc) is 2.98. The Bertz CT molecular complexity index is 987. The number of carbonyl (C=O) groups is 1. The standard InChI is InChI=1S/C21H24N4O2/c1-13-6-4-5-7-17(13)24-20(26)16-8-10-25(11-9-16)19-18-14(2)15(3)27-21(18)23-12-22-19/h4-7,12,16H,8-11H2,1-3H3,(H,24,26). The maximum Gasteiger partial charge on any atom is 0.231 e. The Kier molecular flexibility index (Phi) is 4.56. The molecule has 6 heteroatoms. The van der Waals surface area contributed by atoms with Gasteiger partial charge in [0.2, 0.25) is 11.6 Å². The molecule has 140 valence electrons. The maximum atomic E-state index is 12.7. The van der Waals surface area contributed by atoms with Gasteiger partial charge in [-0.05, 0) is 45.2 Å². The summed E-state index contributed by atoms with van der Waals surface area (Å²) in [5, 5.41) is 4.06. The Morgan fingerprint density at radius 1 is 1.15 bits per heavy atom. The van der Waals surface area contributed by atoms with E-state index in [2.05, 4.69) is 20.2 Å². The van der Waals surface area contributed by atoms with Crippen molar-refractivity contribution in [3.8, 4) is 0 Å². The van der Waals surface area contributed by atoms with Crippen LogP contribution in [0.25, 0.3) is 11.1 Å². The number of para-hydroxylation sites is 1. The van der Waals surface area contributed by atoms with Gasteiger partial charge < -0.3 is 14.6 Å². The molecular weight excluding hydrogens is 340 g/mol. The molecule has 0 aliphatic carbocycles. The second kappa shape index (κ2) is 7.02. The van der Waals surface area contributed by atoms with Crippen LogP contribution in [0.15, 0.2) is 35.0 Å². The van der Waals surface area contributed by atoms with Gasteiger partial charge in [0.05, 0.1) is 5.39 Å². The average molecular weight is 364 g/mol. The lowest BCUT2D eigenvalue weighted by atomic mass is 9.95. The van der Waals surface area contributed by atoms with E-state index in [1.54, 1.807) is 6.33 Å². The Balaban J connectivity index is 1.47. The summed E-state index contributed by atoms with van der Waals surface area (Å²) < 4.78 is 5.73. The molecule has 0 bridgehead atoms. The van der Waals surface area contributed by atoms with E-state index in [0.29, 0.717) is 5.71 Å². The molecule has 1 aliphatic heterocycles. The lowest BCUT2D eigenvalue weighted by Gasteiger charge is -2.32. The Hall–Kier alpha value is -2.89. The molecule has 1 saturated heterocycles. The summed E-state index contributed by atoms with van der Waals surface area (Å²) in [6.07, 6.45) is 3.16. The molecule has 1 aromatic carbocycles. The molecule has 27 heavy (non-hydrogen) atoms. The number of aromatic nitrogens is 2. The first-order valence-electron chi connectivity index (χ1n) is 9.36. The first kappa shape index (κ1) is 17.5. The highest BCUT2D eigenvalue weighted by atomic mass is 16.3. The van der Waals surface area contributed by atoms with Crippen LogP contribution in [0.4, 0.5) is 11.5 Å². The third kappa shape index (κ3) is 3.27. The van der Waals surface area contributed by atoms with Crippen molar-refractivity contribution in [3.05, 3.63) is 47.5 Å². The van der Waals surface area contributed by atoms with E-state index in [-0.39, 0.29) is 11.8 Å². The summed E-state index contributed by atoms with van der Waals surface area (Å²) in [6.45, 7) is 7.58. The van der Waals surface area contributed by atoms with Gasteiger partial charge in [-0.1, -0.05) is 18.2 Å². The van der Waals surface area contributed by atoms with Gasteiger partial charge in [0.15, 0.2) is 0 Å². The smallest absolute Gasteiger partial charge is 0.231 e. The molecule has 0 atom stereocenters. The van der Waals surface area contributed by atoms with Crippen molar-refractivity contribution >= 4 is 28.5 Å². The van der Waals surface area contributed by atoms with E-state index >= 15 is 0 Å². The molecule has 1 aliphatic rings. The fourth-order valence-corrected chi connectivity index (χ4v) is 3.70. The Morgan fingerprint density at radius 2 is 1.89 bits per heavy atom. The molecule has 3 heterocycles. The predicted octanol–water partition coefficient (Wildman–Crippen LogP) is 4.00. The summed E-state index contributed by atoms with van der Waals surface area (Å²) in [7, 11) is 0. The highest BCUT2D eigenvalue weighted by Gasteiger charge is 2.28. The lowest BCUT2D eigenvalue weighted by Crippen LogP contribution is -2.38. The summed E-state index contributed by atoms with van der Waals surface area (Å²) in [5.41, 5.74) is 3.69. The highest BCUT2D eigenvalue weighted by Crippen LogP contribution is 2.32. The minimum Gasteiger partial charge on any atom is -0.443 e. The van der Waals surface area contributed by atoms with E-state index < -0.39 is 0 Å². The number of amides is 1. The van der Waals surface area contributed by atoms with E-state index in [0.717, 1.165) is 59.7 Å². The molecule has 1 N–H and O–H groups in total. The summed E-state index contributed by atoms with van der Waals surface area (Å²) in [4.78, 5) is 23.7. The molecule has 4 rings (SSSR count). The van der Waals surface area contributed by atoms with Crippen molar-refractivity contribution < 1.29 is 9.21 Å². The fourth-order valence-electron chi connectivity index (χ4n) is 3.70. The van der Waals surface area contributed by atoms with E-state index in [1.807, 2.05) is 45.0 Å². The number of aryl methyl sites for hydroxylation is 3. The fraction of sp³-hybridized carbons (Fsp3) is 0.381. The summed E-state index contributed by atoms with van der Waals surface area (Å²) in [6, 6.07) is 7.88. The van der Waals surface area contributed by atoms with Crippen LogP contribution in [-0.4, -0.2) is 29.0 Å². The molecule has 1 fully saturated rings. The first-order chi connectivity index (χ1) is 13.0. The largest absolute Gasteiger partial charge is 0.443 e. The van der Waals surface area contributed by atoms with Crippen LogP contribution in [-0.2, 0) is 4.79 Å². The third-order valence-corrected chi connectivity index (χ3v) is 5.51. The molecule has 0 saturated carbocycles. The van der Waals surface area contributed by atoms with Crippen LogP contribution in [0.2, 0.25) is 0 Å². The quantitative estimate of drug-likeness (QED) is 0.760. The number of carbonyl (C=O) groups excluding carboxylic acids is 1. The van der Waals surface area contributed by atoms with Gasteiger partial charge in [0.25, 0.3) is 0 Å². The Labute approximate surface area is 158 Å². The van der Waals surface area contributed by atoms with E-state index in [1.165, 1.54) is 0 Å². The molecule has 0 spiro atoms. The molecule has 2 aromatic heterocycles. The zero-order valence-corrected chi connectivity index (χ0v) is 16.0. The van der Waals surface area contributed by atoms with Crippen LogP contribution < -0.4 is 10.2 Å². The van der Waals surface area contributed by atoms with Crippen molar-refractivity contribution in [2.75, 3.05) is 23.3 Å².